The van der Waals surface area contributed by atoms with Gasteiger partial charge in [-0.15, -0.1) is 12.6 Å². The molecule has 1 N–H and O–H groups in total. The zero-order valence-electron chi connectivity index (χ0n) is 12.4. The zero-order chi connectivity index (χ0) is 15.0. The topological polar surface area (TPSA) is 38.7 Å². The maximum Gasteiger partial charge on any atom is 0.492 e. The molecule has 0 aromatic heterocycles. The Bertz CT molecular complexity index is 492. The van der Waals surface area contributed by atoms with Crippen LogP contribution < -0.4 is 0 Å². The van der Waals surface area contributed by atoms with Crippen molar-refractivity contribution in [1.82, 2.24) is 0 Å². The lowest BCUT2D eigenvalue weighted by Gasteiger charge is -2.32. The molecule has 1 aromatic carbocycles. The molecule has 5 heteroatoms. The second-order valence-electron chi connectivity index (χ2n) is 6.06. The Kier molecular flexibility index (Phi) is 4.35. The molecule has 0 saturated carbocycles. The van der Waals surface area contributed by atoms with Gasteiger partial charge in [0.2, 0.25) is 0 Å². The van der Waals surface area contributed by atoms with E-state index in [-0.39, 0.29) is 6.61 Å². The van der Waals surface area contributed by atoms with Gasteiger partial charge in [0.05, 0.1) is 17.8 Å². The summed E-state index contributed by atoms with van der Waals surface area (Å²) < 4.78 is 11.9. The van der Waals surface area contributed by atoms with E-state index < -0.39 is 18.3 Å². The molecule has 1 fully saturated rings. The van der Waals surface area contributed by atoms with Crippen molar-refractivity contribution in [2.45, 2.75) is 43.8 Å². The summed E-state index contributed by atoms with van der Waals surface area (Å²) in [6.45, 7) is 7.89. The van der Waals surface area contributed by atoms with Gasteiger partial charge in [-0.1, -0.05) is 18.2 Å². The second-order valence-corrected chi connectivity index (χ2v) is 6.57. The maximum atomic E-state index is 9.60. The average molecular weight is 292 g/mol. The number of thiol groups is 1. The van der Waals surface area contributed by atoms with E-state index in [1.807, 2.05) is 58.0 Å². The van der Waals surface area contributed by atoms with E-state index >= 15 is 0 Å². The fourth-order valence-corrected chi connectivity index (χ4v) is 2.12. The summed E-state index contributed by atoms with van der Waals surface area (Å²) in [6, 6.07) is 7.72. The highest BCUT2D eigenvalue weighted by Crippen LogP contribution is 2.38. The minimum absolute atomic E-state index is 0.0978. The number of hydrogen-bond donors (Lipinski definition) is 2. The molecule has 0 spiro atoms. The molecule has 2 rings (SSSR count). The highest BCUT2D eigenvalue weighted by atomic mass is 32.1. The molecule has 1 aliphatic heterocycles. The Hall–Kier alpha value is -0.745. The summed E-state index contributed by atoms with van der Waals surface area (Å²) in [5.74, 6) is 0. The summed E-state index contributed by atoms with van der Waals surface area (Å²) in [6.07, 6.45) is 1.90. The van der Waals surface area contributed by atoms with Gasteiger partial charge < -0.3 is 14.4 Å². The largest absolute Gasteiger partial charge is 0.492 e. The Labute approximate surface area is 126 Å². The summed E-state index contributed by atoms with van der Waals surface area (Å²) >= 11 is 4.26. The molecular weight excluding hydrogens is 271 g/mol. The van der Waals surface area contributed by atoms with Crippen LogP contribution in [0.1, 0.15) is 33.3 Å². The molecule has 0 atom stereocenters. The van der Waals surface area contributed by atoms with Gasteiger partial charge in [0.1, 0.15) is 0 Å². The molecule has 1 aliphatic rings. The Balaban J connectivity index is 2.24. The van der Waals surface area contributed by atoms with Gasteiger partial charge in [0, 0.05) is 4.90 Å². The van der Waals surface area contributed by atoms with E-state index in [9.17, 15) is 5.11 Å². The van der Waals surface area contributed by atoms with Crippen LogP contribution in [0.5, 0.6) is 0 Å². The lowest BCUT2D eigenvalue weighted by Crippen LogP contribution is -2.41. The highest BCUT2D eigenvalue weighted by Gasteiger charge is 2.52. The van der Waals surface area contributed by atoms with Crippen LogP contribution in [0.15, 0.2) is 34.6 Å². The molecular formula is C15H21BO3S. The Morgan fingerprint density at radius 2 is 1.65 bits per heavy atom. The first-order valence-electron chi connectivity index (χ1n) is 6.71. The molecule has 3 nitrogen and oxygen atoms in total. The van der Waals surface area contributed by atoms with Crippen LogP contribution in [0, 0.1) is 0 Å². The molecule has 20 heavy (non-hydrogen) atoms. The highest BCUT2D eigenvalue weighted by molar-refractivity contribution is 7.80. The third-order valence-corrected chi connectivity index (χ3v) is 4.28. The lowest BCUT2D eigenvalue weighted by atomic mass is 9.77. The van der Waals surface area contributed by atoms with Gasteiger partial charge in [-0.05, 0) is 50.9 Å². The van der Waals surface area contributed by atoms with Crippen LogP contribution in [0.25, 0.3) is 6.08 Å². The molecule has 0 amide bonds. The van der Waals surface area contributed by atoms with Crippen molar-refractivity contribution in [3.8, 4) is 0 Å². The van der Waals surface area contributed by atoms with E-state index in [4.69, 9.17) is 9.31 Å². The predicted molar refractivity (Wildman–Crippen MR) is 84.8 cm³/mol. The first-order chi connectivity index (χ1) is 9.25. The first-order valence-corrected chi connectivity index (χ1v) is 7.16. The van der Waals surface area contributed by atoms with Crippen LogP contribution in [0.3, 0.4) is 0 Å². The zero-order valence-corrected chi connectivity index (χ0v) is 13.3. The summed E-state index contributed by atoms with van der Waals surface area (Å²) in [7, 11) is -0.513. The maximum absolute atomic E-state index is 9.60. The predicted octanol–water partition coefficient (Wildman–Crippen LogP) is 2.98. The lowest BCUT2D eigenvalue weighted by molar-refractivity contribution is 0.00578. The van der Waals surface area contributed by atoms with Gasteiger partial charge in [-0.2, -0.15) is 0 Å². The van der Waals surface area contributed by atoms with E-state index in [1.165, 1.54) is 0 Å². The molecule has 0 aliphatic carbocycles. The fraction of sp³-hybridized carbons (Fsp3) is 0.467. The van der Waals surface area contributed by atoms with Crippen LogP contribution in [0.4, 0.5) is 0 Å². The Morgan fingerprint density at radius 1 is 1.15 bits per heavy atom. The third-order valence-electron chi connectivity index (χ3n) is 3.98. The van der Waals surface area contributed by atoms with Crippen molar-refractivity contribution in [2.75, 3.05) is 6.61 Å². The quantitative estimate of drug-likeness (QED) is 0.664. The number of aliphatic hydroxyl groups is 1. The average Bonchev–Trinajstić information content (AvgIpc) is 2.57. The van der Waals surface area contributed by atoms with Crippen LogP contribution in [-0.2, 0) is 9.31 Å². The van der Waals surface area contributed by atoms with E-state index in [0.717, 1.165) is 15.9 Å². The van der Waals surface area contributed by atoms with Gasteiger partial charge in [-0.25, -0.2) is 0 Å². The molecule has 1 heterocycles. The monoisotopic (exact) mass is 292 g/mol. The minimum atomic E-state index is -0.513. The first kappa shape index (κ1) is 15.6. The van der Waals surface area contributed by atoms with Crippen molar-refractivity contribution < 1.29 is 14.4 Å². The van der Waals surface area contributed by atoms with Crippen molar-refractivity contribution in [1.29, 1.82) is 0 Å². The SMILES string of the molecule is CC1(C)OB(C(=Cc2ccc(S)cc2)CO)OC1(C)C. The van der Waals surface area contributed by atoms with Crippen molar-refractivity contribution in [3.63, 3.8) is 0 Å². The van der Waals surface area contributed by atoms with Crippen molar-refractivity contribution in [3.05, 3.63) is 35.3 Å². The smallest absolute Gasteiger partial charge is 0.400 e. The van der Waals surface area contributed by atoms with E-state index in [1.54, 1.807) is 0 Å². The Morgan fingerprint density at radius 3 is 2.10 bits per heavy atom. The number of rotatable bonds is 3. The second kappa shape index (κ2) is 5.56. The van der Waals surface area contributed by atoms with Crippen LogP contribution in [-0.4, -0.2) is 30.0 Å². The number of benzene rings is 1. The third kappa shape index (κ3) is 3.12. The van der Waals surface area contributed by atoms with E-state index in [2.05, 4.69) is 12.6 Å². The van der Waals surface area contributed by atoms with Gasteiger partial charge in [-0.3, -0.25) is 0 Å². The molecule has 1 aromatic rings. The van der Waals surface area contributed by atoms with Gasteiger partial charge in [0.15, 0.2) is 0 Å². The van der Waals surface area contributed by atoms with Crippen LogP contribution in [0.2, 0.25) is 0 Å². The molecule has 108 valence electrons. The van der Waals surface area contributed by atoms with Crippen LogP contribution >= 0.6 is 12.6 Å². The normalized spacial score (nSPS) is 21.3. The standard InChI is InChI=1S/C15H21BO3S/c1-14(2)15(3,4)19-16(18-14)12(10-17)9-11-5-7-13(20)8-6-11/h5-9,17,20H,10H2,1-4H3. The molecule has 0 unspecified atom stereocenters. The molecule has 1 saturated heterocycles. The van der Waals surface area contributed by atoms with Gasteiger partial charge >= 0.3 is 7.12 Å². The van der Waals surface area contributed by atoms with E-state index in [0.29, 0.717) is 0 Å². The number of aliphatic hydroxyl groups excluding tert-OH is 1. The summed E-state index contributed by atoms with van der Waals surface area (Å²) in [4.78, 5) is 0.906. The molecule has 0 bridgehead atoms. The van der Waals surface area contributed by atoms with Crippen molar-refractivity contribution >= 4 is 25.8 Å². The van der Waals surface area contributed by atoms with Gasteiger partial charge in [0.25, 0.3) is 0 Å². The summed E-state index contributed by atoms with van der Waals surface area (Å²) in [5, 5.41) is 9.60. The number of hydrogen-bond acceptors (Lipinski definition) is 4. The van der Waals surface area contributed by atoms with Crippen molar-refractivity contribution in [2.24, 2.45) is 0 Å². The fourth-order valence-electron chi connectivity index (χ4n) is 1.97. The minimum Gasteiger partial charge on any atom is -0.400 e. The molecule has 0 radical (unpaired) electrons. The summed E-state index contributed by atoms with van der Waals surface area (Å²) in [5.41, 5.74) is 0.902.